The summed E-state index contributed by atoms with van der Waals surface area (Å²) in [6.07, 6.45) is 8.89. The smallest absolute Gasteiger partial charge is 0.326 e. The van der Waals surface area contributed by atoms with E-state index in [4.69, 9.17) is 4.74 Å². The zero-order valence-electron chi connectivity index (χ0n) is 24.3. The van der Waals surface area contributed by atoms with Gasteiger partial charge in [0.25, 0.3) is 0 Å². The van der Waals surface area contributed by atoms with Crippen molar-refractivity contribution >= 4 is 63.3 Å². The normalized spacial score (nSPS) is 17.4. The van der Waals surface area contributed by atoms with Crippen LogP contribution in [0.15, 0.2) is 112 Å². The summed E-state index contributed by atoms with van der Waals surface area (Å²) in [7, 11) is 0. The van der Waals surface area contributed by atoms with Crippen molar-refractivity contribution in [2.45, 2.75) is 46.6 Å². The molecule has 44 heavy (non-hydrogen) atoms. The second kappa shape index (κ2) is 13.8. The number of amides is 3. The van der Waals surface area contributed by atoms with Crippen molar-refractivity contribution in [3.63, 3.8) is 0 Å². The van der Waals surface area contributed by atoms with E-state index in [1.54, 1.807) is 11.8 Å². The van der Waals surface area contributed by atoms with Crippen molar-refractivity contribution in [1.29, 1.82) is 0 Å². The van der Waals surface area contributed by atoms with E-state index in [0.29, 0.717) is 23.8 Å². The van der Waals surface area contributed by atoms with Gasteiger partial charge >= 0.3 is 6.03 Å². The fraction of sp³-hybridized carbons (Fsp3) is 0.206. The number of aromatic nitrogens is 1. The highest BCUT2D eigenvalue weighted by molar-refractivity contribution is 8.00. The first-order valence-corrected chi connectivity index (χ1v) is 17.1. The molecule has 3 aromatic carbocycles. The van der Waals surface area contributed by atoms with Gasteiger partial charge in [-0.05, 0) is 67.9 Å². The summed E-state index contributed by atoms with van der Waals surface area (Å²) in [5.74, 6) is 0.708. The minimum Gasteiger partial charge on any atom is -0.494 e. The Kier molecular flexibility index (Phi) is 9.40. The number of allylic oxidation sites excluding steroid dienone is 2. The van der Waals surface area contributed by atoms with Gasteiger partial charge in [0.1, 0.15) is 5.75 Å². The summed E-state index contributed by atoms with van der Waals surface area (Å²) >= 11 is 4.65. The molecule has 1 aliphatic carbocycles. The van der Waals surface area contributed by atoms with Gasteiger partial charge in [-0.25, -0.2) is 9.78 Å². The van der Waals surface area contributed by atoms with Crippen LogP contribution in [0.3, 0.4) is 0 Å². The van der Waals surface area contributed by atoms with Gasteiger partial charge in [0.15, 0.2) is 5.13 Å². The number of carbonyl (C=O) groups is 2. The number of nitrogens with one attached hydrogen (secondary N) is 2. The van der Waals surface area contributed by atoms with E-state index >= 15 is 0 Å². The van der Waals surface area contributed by atoms with Gasteiger partial charge in [-0.2, -0.15) is 0 Å². The maximum absolute atomic E-state index is 13.7. The molecule has 0 fully saturated rings. The predicted octanol–water partition coefficient (Wildman–Crippen LogP) is 8.73. The maximum Gasteiger partial charge on any atom is 0.326 e. The highest BCUT2D eigenvalue weighted by Gasteiger charge is 2.36. The van der Waals surface area contributed by atoms with Crippen LogP contribution in [0.1, 0.15) is 20.3 Å². The molecule has 2 heterocycles. The number of carbonyl (C=O) groups excluding carboxylic acids is 2. The Balaban J connectivity index is 1.11. The van der Waals surface area contributed by atoms with Crippen molar-refractivity contribution < 1.29 is 14.3 Å². The van der Waals surface area contributed by atoms with Crippen LogP contribution in [0, 0.1) is 0 Å². The highest BCUT2D eigenvalue weighted by atomic mass is 32.2. The number of fused-ring (bicyclic) bond motifs is 2. The molecular formula is C34H32N4O3S3. The van der Waals surface area contributed by atoms with Crippen molar-refractivity contribution in [3.05, 3.63) is 102 Å². The van der Waals surface area contributed by atoms with Crippen LogP contribution < -0.4 is 20.3 Å². The fourth-order valence-electron chi connectivity index (χ4n) is 5.08. The lowest BCUT2D eigenvalue weighted by Crippen LogP contribution is -2.49. The second-order valence-corrected chi connectivity index (χ2v) is 13.5. The van der Waals surface area contributed by atoms with Gasteiger partial charge in [0.2, 0.25) is 5.91 Å². The molecule has 4 aromatic rings. The Morgan fingerprint density at radius 1 is 1.00 bits per heavy atom. The molecule has 0 spiro atoms. The minimum atomic E-state index is -0.329. The number of urea groups is 1. The van der Waals surface area contributed by atoms with Crippen LogP contribution in [0.5, 0.6) is 5.75 Å². The summed E-state index contributed by atoms with van der Waals surface area (Å²) in [5, 5.41) is 8.42. The lowest BCUT2D eigenvalue weighted by atomic mass is 10.1. The molecule has 3 amide bonds. The molecule has 1 aromatic heterocycles. The predicted molar refractivity (Wildman–Crippen MR) is 183 cm³/mol. The molecule has 0 saturated heterocycles. The third-order valence-electron chi connectivity index (χ3n) is 7.18. The van der Waals surface area contributed by atoms with E-state index in [9.17, 15) is 9.59 Å². The SMILES string of the molecule is CCOc1ccc(-c2csc(NC(=O)C(CC)Sc3cccc(NC(=O)N4c5ccccc5SC5C=CC=CC54)c3)n2)cc1. The summed E-state index contributed by atoms with van der Waals surface area (Å²) in [4.78, 5) is 35.4. The number of para-hydroxylation sites is 1. The van der Waals surface area contributed by atoms with Gasteiger partial charge in [-0.15, -0.1) is 34.9 Å². The minimum absolute atomic E-state index is 0.0774. The third kappa shape index (κ3) is 6.72. The summed E-state index contributed by atoms with van der Waals surface area (Å²) in [6, 6.07) is 23.2. The average molecular weight is 641 g/mol. The number of ether oxygens (including phenoxy) is 1. The molecule has 3 unspecified atom stereocenters. The molecule has 3 atom stereocenters. The molecule has 0 bridgehead atoms. The first kappa shape index (κ1) is 30.1. The number of hydrogen-bond acceptors (Lipinski definition) is 7. The molecule has 10 heteroatoms. The lowest BCUT2D eigenvalue weighted by Gasteiger charge is -2.40. The Hall–Kier alpha value is -3.99. The van der Waals surface area contributed by atoms with Crippen molar-refractivity contribution in [2.24, 2.45) is 0 Å². The monoisotopic (exact) mass is 640 g/mol. The molecule has 224 valence electrons. The van der Waals surface area contributed by atoms with E-state index in [2.05, 4.69) is 33.8 Å². The van der Waals surface area contributed by atoms with Crippen LogP contribution in [0.2, 0.25) is 0 Å². The van der Waals surface area contributed by atoms with Crippen molar-refractivity contribution in [2.75, 3.05) is 22.1 Å². The van der Waals surface area contributed by atoms with Crippen LogP contribution in [-0.2, 0) is 4.79 Å². The quantitative estimate of drug-likeness (QED) is 0.178. The number of hydrogen-bond donors (Lipinski definition) is 2. The molecule has 0 saturated carbocycles. The number of anilines is 3. The number of benzene rings is 3. The number of nitrogens with zero attached hydrogens (tertiary/aromatic N) is 2. The number of rotatable bonds is 9. The Bertz CT molecular complexity index is 1700. The lowest BCUT2D eigenvalue weighted by molar-refractivity contribution is -0.115. The molecule has 7 nitrogen and oxygen atoms in total. The third-order valence-corrected chi connectivity index (χ3v) is 10.6. The van der Waals surface area contributed by atoms with Gasteiger partial charge in [-0.1, -0.05) is 49.4 Å². The summed E-state index contributed by atoms with van der Waals surface area (Å²) in [6.45, 7) is 4.56. The average Bonchev–Trinajstić information content (AvgIpc) is 3.51. The van der Waals surface area contributed by atoms with E-state index in [-0.39, 0.29) is 28.5 Å². The largest absolute Gasteiger partial charge is 0.494 e. The van der Waals surface area contributed by atoms with E-state index < -0.39 is 0 Å². The van der Waals surface area contributed by atoms with Crippen LogP contribution in [-0.4, -0.2) is 40.1 Å². The van der Waals surface area contributed by atoms with Gasteiger partial charge in [-0.3, -0.25) is 9.69 Å². The van der Waals surface area contributed by atoms with E-state index in [1.165, 1.54) is 23.1 Å². The Morgan fingerprint density at radius 3 is 2.64 bits per heavy atom. The second-order valence-electron chi connectivity index (χ2n) is 10.1. The zero-order valence-corrected chi connectivity index (χ0v) is 26.8. The van der Waals surface area contributed by atoms with E-state index in [1.807, 2.05) is 103 Å². The maximum atomic E-state index is 13.7. The van der Waals surface area contributed by atoms with Crippen LogP contribution >= 0.6 is 34.9 Å². The summed E-state index contributed by atoms with van der Waals surface area (Å²) in [5.41, 5.74) is 3.34. The van der Waals surface area contributed by atoms with Crippen LogP contribution in [0.25, 0.3) is 11.3 Å². The summed E-state index contributed by atoms with van der Waals surface area (Å²) < 4.78 is 5.52. The zero-order chi connectivity index (χ0) is 30.5. The van der Waals surface area contributed by atoms with Gasteiger partial charge in [0.05, 0.1) is 34.5 Å². The molecule has 2 aliphatic rings. The number of thioether (sulfide) groups is 2. The van der Waals surface area contributed by atoms with Crippen molar-refractivity contribution in [1.82, 2.24) is 4.98 Å². The first-order chi connectivity index (χ1) is 21.5. The standard InChI is InChI=1S/C34H32N4O3S3/c1-3-29(32(39)37-33-36-26(21-42-33)22-16-18-24(19-17-22)41-4-2)43-25-11-9-10-23(20-25)35-34(40)38-27-12-5-7-14-30(27)44-31-15-8-6-13-28(31)38/h5-21,27,29-30H,3-4H2,1-2H3,(H,35,40)(H,36,37,39). The van der Waals surface area contributed by atoms with Gasteiger partial charge in [0, 0.05) is 26.4 Å². The Labute approximate surface area is 269 Å². The topological polar surface area (TPSA) is 83.6 Å². The molecule has 1 aliphatic heterocycles. The number of thiazole rings is 1. The van der Waals surface area contributed by atoms with Crippen LogP contribution in [0.4, 0.5) is 21.3 Å². The first-order valence-electron chi connectivity index (χ1n) is 14.5. The molecular weight excluding hydrogens is 609 g/mol. The molecule has 0 radical (unpaired) electrons. The molecule has 2 N–H and O–H groups in total. The fourth-order valence-corrected chi connectivity index (χ4v) is 8.07. The molecule has 6 rings (SSSR count). The highest BCUT2D eigenvalue weighted by Crippen LogP contribution is 2.43. The van der Waals surface area contributed by atoms with Crippen molar-refractivity contribution in [3.8, 4) is 17.0 Å². The van der Waals surface area contributed by atoms with E-state index in [0.717, 1.165) is 32.5 Å². The van der Waals surface area contributed by atoms with Gasteiger partial charge < -0.3 is 15.4 Å². The Morgan fingerprint density at radius 2 is 1.82 bits per heavy atom.